The first kappa shape index (κ1) is 13.5. The van der Waals surface area contributed by atoms with Crippen LogP contribution in [0, 0.1) is 0 Å². The Bertz CT molecular complexity index is 1020. The quantitative estimate of drug-likeness (QED) is 0.543. The van der Waals surface area contributed by atoms with E-state index in [1.807, 2.05) is 49.4 Å². The van der Waals surface area contributed by atoms with E-state index in [0.717, 1.165) is 16.9 Å². The minimum absolute atomic E-state index is 0.119. The van der Waals surface area contributed by atoms with Crippen LogP contribution in [0.15, 0.2) is 53.3 Å². The topological polar surface area (TPSA) is 86.5 Å². The van der Waals surface area contributed by atoms with E-state index in [1.165, 1.54) is 0 Å². The van der Waals surface area contributed by atoms with E-state index in [4.69, 9.17) is 0 Å². The maximum atomic E-state index is 12.1. The van der Waals surface area contributed by atoms with Gasteiger partial charge in [-0.15, -0.1) is 0 Å². The van der Waals surface area contributed by atoms with Crippen molar-refractivity contribution in [2.75, 3.05) is 5.32 Å². The van der Waals surface area contributed by atoms with Crippen molar-refractivity contribution in [3.8, 4) is 0 Å². The first-order valence-corrected chi connectivity index (χ1v) is 7.41. The van der Waals surface area contributed by atoms with E-state index in [-0.39, 0.29) is 11.6 Å². The van der Waals surface area contributed by atoms with Crippen LogP contribution in [0.4, 0.5) is 5.95 Å². The number of para-hydroxylation sites is 3. The molecule has 0 saturated heterocycles. The standard InChI is InChI=1S/C17H15N5O/c1-10(15-19-13-8-4-5-9-14(13)20-15)18-17-21-12-7-3-2-6-11(12)16(23)22-17/h2-10H,1H3,(H,19,20)(H2,18,21,22,23). The summed E-state index contributed by atoms with van der Waals surface area (Å²) < 4.78 is 0. The highest BCUT2D eigenvalue weighted by atomic mass is 16.1. The molecule has 2 aromatic carbocycles. The maximum absolute atomic E-state index is 12.1. The third-order valence-corrected chi connectivity index (χ3v) is 3.78. The van der Waals surface area contributed by atoms with Gasteiger partial charge in [0.2, 0.25) is 5.95 Å². The predicted octanol–water partition coefficient (Wildman–Crippen LogP) is 2.97. The molecule has 0 saturated carbocycles. The largest absolute Gasteiger partial charge is 0.346 e. The molecule has 0 aliphatic rings. The highest BCUT2D eigenvalue weighted by molar-refractivity contribution is 5.78. The number of benzene rings is 2. The molecule has 23 heavy (non-hydrogen) atoms. The SMILES string of the molecule is CC(Nc1nc2ccccc2c(=O)[nH]1)c1nc2ccccc2[nH]1. The van der Waals surface area contributed by atoms with Crippen LogP contribution in [0.3, 0.4) is 0 Å². The average molecular weight is 305 g/mol. The lowest BCUT2D eigenvalue weighted by molar-refractivity contribution is 0.800. The van der Waals surface area contributed by atoms with Crippen LogP contribution in [0.25, 0.3) is 21.9 Å². The molecular formula is C17H15N5O. The second-order valence-electron chi connectivity index (χ2n) is 5.44. The van der Waals surface area contributed by atoms with Crippen molar-refractivity contribution in [3.05, 3.63) is 64.7 Å². The third-order valence-electron chi connectivity index (χ3n) is 3.78. The van der Waals surface area contributed by atoms with Crippen molar-refractivity contribution in [2.45, 2.75) is 13.0 Å². The van der Waals surface area contributed by atoms with Crippen molar-refractivity contribution >= 4 is 27.9 Å². The number of imidazole rings is 1. The molecule has 2 aromatic heterocycles. The van der Waals surface area contributed by atoms with Gasteiger partial charge in [0.05, 0.1) is 28.0 Å². The smallest absolute Gasteiger partial charge is 0.260 e. The van der Waals surface area contributed by atoms with E-state index < -0.39 is 0 Å². The molecule has 0 radical (unpaired) electrons. The van der Waals surface area contributed by atoms with Gasteiger partial charge in [-0.1, -0.05) is 24.3 Å². The van der Waals surface area contributed by atoms with Crippen LogP contribution < -0.4 is 10.9 Å². The van der Waals surface area contributed by atoms with Gasteiger partial charge in [-0.05, 0) is 31.2 Å². The zero-order chi connectivity index (χ0) is 15.8. The van der Waals surface area contributed by atoms with E-state index in [9.17, 15) is 4.79 Å². The first-order valence-electron chi connectivity index (χ1n) is 7.41. The van der Waals surface area contributed by atoms with Gasteiger partial charge in [0.1, 0.15) is 5.82 Å². The number of rotatable bonds is 3. The Labute approximate surface area is 131 Å². The fourth-order valence-corrected chi connectivity index (χ4v) is 2.61. The molecule has 0 aliphatic carbocycles. The Hall–Kier alpha value is -3.15. The Morgan fingerprint density at radius 3 is 2.52 bits per heavy atom. The van der Waals surface area contributed by atoms with Gasteiger partial charge in [0, 0.05) is 0 Å². The van der Waals surface area contributed by atoms with Crippen LogP contribution in [0.5, 0.6) is 0 Å². The molecule has 4 rings (SSSR count). The second-order valence-corrected chi connectivity index (χ2v) is 5.44. The van der Waals surface area contributed by atoms with Gasteiger partial charge in [0.15, 0.2) is 0 Å². The van der Waals surface area contributed by atoms with Crippen molar-refractivity contribution in [2.24, 2.45) is 0 Å². The zero-order valence-electron chi connectivity index (χ0n) is 12.5. The van der Waals surface area contributed by atoms with E-state index in [1.54, 1.807) is 6.07 Å². The van der Waals surface area contributed by atoms with Crippen LogP contribution in [0.2, 0.25) is 0 Å². The lowest BCUT2D eigenvalue weighted by Crippen LogP contribution is -2.16. The van der Waals surface area contributed by atoms with Crippen LogP contribution in [0.1, 0.15) is 18.8 Å². The number of anilines is 1. The molecule has 4 aromatic rings. The minimum atomic E-state index is -0.157. The van der Waals surface area contributed by atoms with Crippen molar-refractivity contribution in [1.82, 2.24) is 19.9 Å². The fourth-order valence-electron chi connectivity index (χ4n) is 2.61. The predicted molar refractivity (Wildman–Crippen MR) is 90.5 cm³/mol. The molecule has 0 bridgehead atoms. The van der Waals surface area contributed by atoms with E-state index >= 15 is 0 Å². The third kappa shape index (κ3) is 2.44. The summed E-state index contributed by atoms with van der Waals surface area (Å²) in [5.74, 6) is 1.23. The number of fused-ring (bicyclic) bond motifs is 2. The molecular weight excluding hydrogens is 290 g/mol. The summed E-state index contributed by atoms with van der Waals surface area (Å²) in [6.45, 7) is 1.97. The summed E-state index contributed by atoms with van der Waals surface area (Å²) in [5, 5.41) is 3.77. The number of hydrogen-bond acceptors (Lipinski definition) is 4. The molecule has 3 N–H and O–H groups in total. The molecule has 1 atom stereocenters. The molecule has 114 valence electrons. The number of aromatic nitrogens is 4. The molecule has 0 fully saturated rings. The lowest BCUT2D eigenvalue weighted by Gasteiger charge is -2.12. The molecule has 6 nitrogen and oxygen atoms in total. The summed E-state index contributed by atoms with van der Waals surface area (Å²) in [6, 6.07) is 15.0. The molecule has 0 amide bonds. The molecule has 0 aliphatic heterocycles. The summed E-state index contributed by atoms with van der Waals surface area (Å²) in [4.78, 5) is 27.1. The normalized spacial score (nSPS) is 12.6. The van der Waals surface area contributed by atoms with Crippen molar-refractivity contribution < 1.29 is 0 Å². The van der Waals surface area contributed by atoms with Gasteiger partial charge < -0.3 is 10.3 Å². The van der Waals surface area contributed by atoms with Crippen LogP contribution >= 0.6 is 0 Å². The second kappa shape index (κ2) is 5.24. The Morgan fingerprint density at radius 2 is 1.70 bits per heavy atom. The zero-order valence-corrected chi connectivity index (χ0v) is 12.5. The lowest BCUT2D eigenvalue weighted by atomic mass is 10.2. The van der Waals surface area contributed by atoms with Crippen molar-refractivity contribution in [3.63, 3.8) is 0 Å². The fraction of sp³-hybridized carbons (Fsp3) is 0.118. The summed E-state index contributed by atoms with van der Waals surface area (Å²) in [7, 11) is 0. The molecule has 6 heteroatoms. The van der Waals surface area contributed by atoms with E-state index in [2.05, 4.69) is 25.3 Å². The number of aromatic amines is 2. The van der Waals surface area contributed by atoms with Gasteiger partial charge in [-0.3, -0.25) is 9.78 Å². The number of nitrogens with one attached hydrogen (secondary N) is 3. The Balaban J connectivity index is 1.68. The maximum Gasteiger partial charge on any atom is 0.260 e. The Morgan fingerprint density at radius 1 is 0.957 bits per heavy atom. The van der Waals surface area contributed by atoms with Crippen molar-refractivity contribution in [1.29, 1.82) is 0 Å². The number of nitrogens with zero attached hydrogens (tertiary/aromatic N) is 2. The molecule has 2 heterocycles. The molecule has 1 unspecified atom stereocenters. The Kier molecular flexibility index (Phi) is 3.08. The van der Waals surface area contributed by atoms with Gasteiger partial charge in [-0.25, -0.2) is 9.97 Å². The minimum Gasteiger partial charge on any atom is -0.346 e. The van der Waals surface area contributed by atoms with Gasteiger partial charge in [-0.2, -0.15) is 0 Å². The van der Waals surface area contributed by atoms with Crippen LogP contribution in [-0.2, 0) is 0 Å². The van der Waals surface area contributed by atoms with E-state index in [0.29, 0.717) is 16.9 Å². The monoisotopic (exact) mass is 305 g/mol. The number of H-pyrrole nitrogens is 2. The first-order chi connectivity index (χ1) is 11.2. The number of hydrogen-bond donors (Lipinski definition) is 3. The summed E-state index contributed by atoms with van der Waals surface area (Å²) in [6.07, 6.45) is 0. The van der Waals surface area contributed by atoms with Gasteiger partial charge in [0.25, 0.3) is 5.56 Å². The van der Waals surface area contributed by atoms with Gasteiger partial charge >= 0.3 is 0 Å². The highest BCUT2D eigenvalue weighted by Crippen LogP contribution is 2.18. The summed E-state index contributed by atoms with van der Waals surface area (Å²) in [5.41, 5.74) is 2.40. The molecule has 0 spiro atoms. The summed E-state index contributed by atoms with van der Waals surface area (Å²) >= 11 is 0. The average Bonchev–Trinajstić information content (AvgIpc) is 2.99. The highest BCUT2D eigenvalue weighted by Gasteiger charge is 2.12. The van der Waals surface area contributed by atoms with Crippen LogP contribution in [-0.4, -0.2) is 19.9 Å².